The minimum atomic E-state index is -3.33. The molecule has 0 aromatic carbocycles. The average Bonchev–Trinajstić information content (AvgIpc) is 3.17. The highest BCUT2D eigenvalue weighted by atomic mass is 32.2. The van der Waals surface area contributed by atoms with Gasteiger partial charge in [-0.15, -0.1) is 0 Å². The van der Waals surface area contributed by atoms with Gasteiger partial charge in [-0.05, 0) is 37.8 Å². The van der Waals surface area contributed by atoms with Crippen molar-refractivity contribution in [3.05, 3.63) is 29.8 Å². The molecule has 1 aliphatic heterocycles. The van der Waals surface area contributed by atoms with Crippen molar-refractivity contribution >= 4 is 10.2 Å². The van der Waals surface area contributed by atoms with E-state index in [1.165, 1.54) is 14.9 Å². The Balaban J connectivity index is 1.69. The number of nitrogens with zero attached hydrogens (tertiary/aromatic N) is 5. The first-order chi connectivity index (χ1) is 11.4. The lowest BCUT2D eigenvalue weighted by Crippen LogP contribution is -2.38. The highest BCUT2D eigenvalue weighted by molar-refractivity contribution is 7.86. The fourth-order valence-electron chi connectivity index (χ4n) is 2.90. The Hall–Kier alpha value is -1.84. The molecule has 3 heterocycles. The van der Waals surface area contributed by atoms with Crippen molar-refractivity contribution in [3.63, 3.8) is 0 Å². The van der Waals surface area contributed by atoms with E-state index in [4.69, 9.17) is 0 Å². The maximum Gasteiger partial charge on any atom is 0.281 e. The number of H-pyrrole nitrogens is 1. The second-order valence-corrected chi connectivity index (χ2v) is 8.48. The van der Waals surface area contributed by atoms with E-state index in [0.717, 1.165) is 35.6 Å². The Kier molecular flexibility index (Phi) is 4.66. The van der Waals surface area contributed by atoms with Gasteiger partial charge in [-0.3, -0.25) is 5.10 Å². The molecule has 1 atom stereocenters. The lowest BCUT2D eigenvalue weighted by molar-refractivity contribution is 0.409. The van der Waals surface area contributed by atoms with Gasteiger partial charge >= 0.3 is 0 Å². The molecule has 0 saturated carbocycles. The summed E-state index contributed by atoms with van der Waals surface area (Å²) >= 11 is 0. The standard InChI is InChI=1S/C15H22N6O2S/c1-11-6-15(19-18-11)14-8-13(16-10-17-14)7-12-4-5-21(9-12)24(22,23)20(2)3/h6,8,10,12H,4-5,7,9H2,1-3H3,(H,18,19). The first kappa shape index (κ1) is 17.0. The maximum absolute atomic E-state index is 12.2. The van der Waals surface area contributed by atoms with Crippen LogP contribution in [0.25, 0.3) is 11.4 Å². The zero-order valence-corrected chi connectivity index (χ0v) is 14.9. The molecule has 2 aromatic heterocycles. The molecular formula is C15H22N6O2S. The highest BCUT2D eigenvalue weighted by Crippen LogP contribution is 2.24. The summed E-state index contributed by atoms with van der Waals surface area (Å²) in [5, 5.41) is 7.12. The SMILES string of the molecule is Cc1cc(-c2cc(CC3CCN(S(=O)(=O)N(C)C)C3)ncn2)n[nH]1. The largest absolute Gasteiger partial charge is 0.282 e. The summed E-state index contributed by atoms with van der Waals surface area (Å²) < 4.78 is 27.2. The van der Waals surface area contributed by atoms with Gasteiger partial charge in [0.1, 0.15) is 12.0 Å². The maximum atomic E-state index is 12.2. The van der Waals surface area contributed by atoms with Crippen LogP contribution in [0.3, 0.4) is 0 Å². The molecule has 0 spiro atoms. The molecule has 0 radical (unpaired) electrons. The molecule has 1 saturated heterocycles. The Morgan fingerprint density at radius 1 is 1.29 bits per heavy atom. The number of hydrogen-bond donors (Lipinski definition) is 1. The van der Waals surface area contributed by atoms with Crippen LogP contribution in [0.5, 0.6) is 0 Å². The van der Waals surface area contributed by atoms with Gasteiger partial charge in [0.2, 0.25) is 0 Å². The van der Waals surface area contributed by atoms with Crippen LogP contribution in [0.4, 0.5) is 0 Å². The fourth-order valence-corrected chi connectivity index (χ4v) is 4.10. The summed E-state index contributed by atoms with van der Waals surface area (Å²) in [6.07, 6.45) is 3.12. The normalized spacial score (nSPS) is 19.2. The number of hydrogen-bond acceptors (Lipinski definition) is 5. The van der Waals surface area contributed by atoms with E-state index in [0.29, 0.717) is 13.1 Å². The van der Waals surface area contributed by atoms with Gasteiger partial charge in [-0.2, -0.15) is 22.1 Å². The Labute approximate surface area is 142 Å². The van der Waals surface area contributed by atoms with Crippen LogP contribution in [0.2, 0.25) is 0 Å². The molecule has 0 aliphatic carbocycles. The summed E-state index contributed by atoms with van der Waals surface area (Å²) in [5.41, 5.74) is 3.46. The monoisotopic (exact) mass is 350 g/mol. The molecule has 2 aromatic rings. The zero-order valence-electron chi connectivity index (χ0n) is 14.1. The average molecular weight is 350 g/mol. The van der Waals surface area contributed by atoms with Crippen molar-refractivity contribution in [2.75, 3.05) is 27.2 Å². The molecule has 0 amide bonds. The summed E-state index contributed by atoms with van der Waals surface area (Å²) in [6.45, 7) is 3.03. The predicted molar refractivity (Wildman–Crippen MR) is 90.3 cm³/mol. The third kappa shape index (κ3) is 3.47. The molecule has 1 fully saturated rings. The van der Waals surface area contributed by atoms with Gasteiger partial charge in [0.05, 0.1) is 5.69 Å². The van der Waals surface area contributed by atoms with Crippen LogP contribution >= 0.6 is 0 Å². The van der Waals surface area contributed by atoms with Crippen LogP contribution in [0.15, 0.2) is 18.5 Å². The molecule has 130 valence electrons. The van der Waals surface area contributed by atoms with Crippen molar-refractivity contribution < 1.29 is 8.42 Å². The second kappa shape index (κ2) is 6.58. The zero-order chi connectivity index (χ0) is 17.3. The van der Waals surface area contributed by atoms with E-state index in [9.17, 15) is 8.42 Å². The van der Waals surface area contributed by atoms with Gasteiger partial charge in [0.25, 0.3) is 10.2 Å². The van der Waals surface area contributed by atoms with Crippen LogP contribution in [0, 0.1) is 12.8 Å². The minimum Gasteiger partial charge on any atom is -0.282 e. The third-order valence-corrected chi connectivity index (χ3v) is 6.13. The Morgan fingerprint density at radius 3 is 2.75 bits per heavy atom. The lowest BCUT2D eigenvalue weighted by atomic mass is 10.0. The number of aromatic amines is 1. The summed E-state index contributed by atoms with van der Waals surface area (Å²) in [4.78, 5) is 8.60. The molecule has 0 bridgehead atoms. The topological polar surface area (TPSA) is 95.1 Å². The number of aryl methyl sites for hydroxylation is 1. The molecule has 1 aliphatic rings. The minimum absolute atomic E-state index is 0.267. The summed E-state index contributed by atoms with van der Waals surface area (Å²) in [5.74, 6) is 0.267. The van der Waals surface area contributed by atoms with E-state index in [1.807, 2.05) is 19.1 Å². The Morgan fingerprint density at radius 2 is 2.08 bits per heavy atom. The quantitative estimate of drug-likeness (QED) is 0.862. The molecule has 24 heavy (non-hydrogen) atoms. The van der Waals surface area contributed by atoms with E-state index in [2.05, 4.69) is 20.2 Å². The smallest absolute Gasteiger partial charge is 0.281 e. The van der Waals surface area contributed by atoms with Gasteiger partial charge in [0.15, 0.2) is 0 Å². The van der Waals surface area contributed by atoms with Crippen molar-refractivity contribution in [2.24, 2.45) is 5.92 Å². The number of rotatable bonds is 5. The van der Waals surface area contributed by atoms with Crippen LogP contribution < -0.4 is 0 Å². The van der Waals surface area contributed by atoms with E-state index in [-0.39, 0.29) is 5.92 Å². The van der Waals surface area contributed by atoms with Gasteiger partial charge in [-0.1, -0.05) is 0 Å². The molecule has 1 unspecified atom stereocenters. The lowest BCUT2D eigenvalue weighted by Gasteiger charge is -2.20. The first-order valence-electron chi connectivity index (χ1n) is 7.87. The van der Waals surface area contributed by atoms with Crippen LogP contribution in [0.1, 0.15) is 17.8 Å². The molecule has 1 N–H and O–H groups in total. The Bertz CT molecular complexity index is 817. The number of nitrogens with one attached hydrogen (secondary N) is 1. The van der Waals surface area contributed by atoms with E-state index >= 15 is 0 Å². The van der Waals surface area contributed by atoms with Crippen LogP contribution in [-0.4, -0.2) is 64.4 Å². The number of aromatic nitrogens is 4. The molecule has 8 nitrogen and oxygen atoms in total. The van der Waals surface area contributed by atoms with E-state index in [1.54, 1.807) is 14.1 Å². The fraction of sp³-hybridized carbons (Fsp3) is 0.533. The predicted octanol–water partition coefficient (Wildman–Crippen LogP) is 0.846. The van der Waals surface area contributed by atoms with Crippen molar-refractivity contribution in [1.82, 2.24) is 28.8 Å². The highest BCUT2D eigenvalue weighted by Gasteiger charge is 2.32. The van der Waals surface area contributed by atoms with Gasteiger partial charge < -0.3 is 0 Å². The molecule has 9 heteroatoms. The third-order valence-electron chi connectivity index (χ3n) is 4.23. The van der Waals surface area contributed by atoms with Gasteiger partial charge in [-0.25, -0.2) is 9.97 Å². The van der Waals surface area contributed by atoms with Crippen molar-refractivity contribution in [3.8, 4) is 11.4 Å². The molecule has 3 rings (SSSR count). The summed E-state index contributed by atoms with van der Waals surface area (Å²) in [6, 6.07) is 3.87. The summed E-state index contributed by atoms with van der Waals surface area (Å²) in [7, 11) is -0.209. The second-order valence-electron chi connectivity index (χ2n) is 6.34. The van der Waals surface area contributed by atoms with Crippen LogP contribution in [-0.2, 0) is 16.6 Å². The van der Waals surface area contributed by atoms with E-state index < -0.39 is 10.2 Å². The van der Waals surface area contributed by atoms with Gasteiger partial charge in [0, 0.05) is 38.6 Å². The van der Waals surface area contributed by atoms with Crippen molar-refractivity contribution in [2.45, 2.75) is 19.8 Å². The first-order valence-corrected chi connectivity index (χ1v) is 9.27. The van der Waals surface area contributed by atoms with Crippen molar-refractivity contribution in [1.29, 1.82) is 0 Å². The molecular weight excluding hydrogens is 328 g/mol.